The molecule has 3 aliphatic rings. The molecule has 19 nitrogen and oxygen atoms in total. The Morgan fingerprint density at radius 1 is 0.869 bits per heavy atom. The van der Waals surface area contributed by atoms with E-state index in [0.29, 0.717) is 29.1 Å². The lowest BCUT2D eigenvalue weighted by Gasteiger charge is -2.49. The van der Waals surface area contributed by atoms with Crippen molar-refractivity contribution in [1.29, 1.82) is 0 Å². The van der Waals surface area contributed by atoms with Gasteiger partial charge in [0, 0.05) is 81.1 Å². The molecule has 5 amide bonds. The Morgan fingerprint density at radius 2 is 1.54 bits per heavy atom. The van der Waals surface area contributed by atoms with Crippen LogP contribution in [-0.4, -0.2) is 174 Å². The maximum atomic E-state index is 15.0. The van der Waals surface area contributed by atoms with Gasteiger partial charge < -0.3 is 70.1 Å². The van der Waals surface area contributed by atoms with Gasteiger partial charge in [-0.25, -0.2) is 0 Å². The van der Waals surface area contributed by atoms with Gasteiger partial charge in [0.15, 0.2) is 12.6 Å². The highest BCUT2D eigenvalue weighted by atomic mass is 35.5. The van der Waals surface area contributed by atoms with Crippen LogP contribution >= 0.6 is 11.6 Å². The predicted molar refractivity (Wildman–Crippen MR) is 321 cm³/mol. The minimum atomic E-state index is -1.70. The third-order valence-corrected chi connectivity index (χ3v) is 17.3. The van der Waals surface area contributed by atoms with Crippen LogP contribution in [0.2, 0.25) is 5.02 Å². The third kappa shape index (κ3) is 19.0. The van der Waals surface area contributed by atoms with E-state index >= 15 is 0 Å². The highest BCUT2D eigenvalue weighted by Gasteiger charge is 2.51. The Labute approximate surface area is 502 Å². The molecular formula is C64H95ClN6O13. The van der Waals surface area contributed by atoms with Crippen molar-refractivity contribution in [2.45, 2.75) is 205 Å². The fourth-order valence-corrected chi connectivity index (χ4v) is 12.6. The first-order chi connectivity index (χ1) is 39.6. The quantitative estimate of drug-likeness (QED) is 0.0796. The Morgan fingerprint density at radius 3 is 2.18 bits per heavy atom. The van der Waals surface area contributed by atoms with Crippen molar-refractivity contribution in [2.75, 3.05) is 40.1 Å². The van der Waals surface area contributed by atoms with E-state index in [4.69, 9.17) is 35.3 Å². The second-order valence-electron chi connectivity index (χ2n) is 25.2. The molecule has 0 unspecified atom stereocenters. The summed E-state index contributed by atoms with van der Waals surface area (Å²) in [6.45, 7) is 16.7. The summed E-state index contributed by atoms with van der Waals surface area (Å²) in [5, 5.41) is 48.6. The number of nitrogens with zero attached hydrogens (tertiary/aromatic N) is 2. The summed E-state index contributed by atoms with van der Waals surface area (Å²) in [6, 6.07) is 20.8. The van der Waals surface area contributed by atoms with Gasteiger partial charge in [0.2, 0.25) is 29.5 Å². The minimum Gasteiger partial charge on any atom is -0.387 e. The number of aliphatic hydroxyl groups excluding tert-OH is 2. The van der Waals surface area contributed by atoms with E-state index in [2.05, 4.69) is 21.3 Å². The van der Waals surface area contributed by atoms with Crippen LogP contribution in [0.5, 0.6) is 0 Å². The number of carbonyl (C=O) groups excluding carboxylic acids is 5. The van der Waals surface area contributed by atoms with E-state index in [0.717, 1.165) is 11.1 Å². The van der Waals surface area contributed by atoms with Crippen molar-refractivity contribution >= 4 is 46.8 Å². The van der Waals surface area contributed by atoms with Crippen LogP contribution in [0.4, 0.5) is 5.69 Å². The maximum Gasteiger partial charge on any atom is 0.247 e. The van der Waals surface area contributed by atoms with E-state index < -0.39 is 96.1 Å². The molecule has 0 saturated carbocycles. The molecule has 0 aromatic heterocycles. The number of anilines is 1. The summed E-state index contributed by atoms with van der Waals surface area (Å²) in [5.74, 6) is -3.93. The Hall–Kier alpha value is -5.06. The zero-order valence-corrected chi connectivity index (χ0v) is 52.3. The van der Waals surface area contributed by atoms with Crippen LogP contribution in [0, 0.1) is 23.7 Å². The number of methoxy groups -OCH3 is 1. The zero-order chi connectivity index (χ0) is 61.8. The van der Waals surface area contributed by atoms with Crippen LogP contribution in [0.25, 0.3) is 0 Å². The number of hydrogen-bond donors (Lipinski definition) is 7. The lowest BCUT2D eigenvalue weighted by atomic mass is 9.77. The van der Waals surface area contributed by atoms with Crippen molar-refractivity contribution < 1.29 is 63.0 Å². The predicted octanol–water partition coefficient (Wildman–Crippen LogP) is 6.21. The summed E-state index contributed by atoms with van der Waals surface area (Å²) in [5.41, 5.74) is -0.0732. The second-order valence-corrected chi connectivity index (χ2v) is 25.6. The molecule has 7 N–H and O–H groups in total. The molecule has 466 valence electrons. The van der Waals surface area contributed by atoms with E-state index in [-0.39, 0.29) is 93.2 Å². The number of carbonyl (C=O) groups is 5. The first kappa shape index (κ1) is 68.1. The largest absolute Gasteiger partial charge is 0.387 e. The van der Waals surface area contributed by atoms with Crippen molar-refractivity contribution in [3.63, 3.8) is 0 Å². The van der Waals surface area contributed by atoms with Crippen LogP contribution in [-0.2, 0) is 66.9 Å². The number of hydrogen-bond acceptors (Lipinski definition) is 14. The lowest BCUT2D eigenvalue weighted by Crippen LogP contribution is -2.61. The van der Waals surface area contributed by atoms with Gasteiger partial charge in [-0.2, -0.15) is 0 Å². The Bertz CT molecular complexity index is 2630. The molecule has 20 heteroatoms. The maximum absolute atomic E-state index is 15.0. The van der Waals surface area contributed by atoms with Gasteiger partial charge in [0.25, 0.3) is 0 Å². The van der Waals surface area contributed by atoms with Gasteiger partial charge in [-0.1, -0.05) is 107 Å². The third-order valence-electron chi connectivity index (χ3n) is 16.9. The Kier molecular flexibility index (Phi) is 24.7. The number of ether oxygens (including phenoxy) is 5. The summed E-state index contributed by atoms with van der Waals surface area (Å²) < 4.78 is 32.2. The average Bonchev–Trinajstić information content (AvgIpc) is 3.47. The van der Waals surface area contributed by atoms with Gasteiger partial charge in [-0.15, -0.1) is 0 Å². The summed E-state index contributed by atoms with van der Waals surface area (Å²) in [7, 11) is 6.94. The summed E-state index contributed by atoms with van der Waals surface area (Å²) in [4.78, 5) is 74.5. The van der Waals surface area contributed by atoms with Crippen LogP contribution in [0.1, 0.15) is 118 Å². The zero-order valence-electron chi connectivity index (χ0n) is 51.5. The summed E-state index contributed by atoms with van der Waals surface area (Å²) >= 11 is 6.52. The molecule has 3 aromatic carbocycles. The van der Waals surface area contributed by atoms with Gasteiger partial charge in [0.1, 0.15) is 18.2 Å². The van der Waals surface area contributed by atoms with E-state index in [1.54, 1.807) is 76.0 Å². The molecule has 6 rings (SSSR count). The standard InChI is InChI=1S/C64H95ClN6O13/c1-37(2)27-47-32-53(73)66-48(29-44-23-25-46(26-24-44)67-61(78)50(31-45-21-17-18-22-49(45)65)69-52(72)30-43-19-15-14-16-20-43)33-54(74)71(12)36-38(3)34-63(8,79)59(84-62-56(75)51(70(10)11)28-39(4)81-62)40(5)57(41(6)60(77)68-47)83-55-35-64(9,80-13)58(76)42(7)82-55/h14-26,37-42,47-48,50-51,55-59,62,75-76,79H,27-36H2,1-13H3,(H,66,73)(H,67,78)(H,68,77)(H,69,72)/t38-,39-,40+,41-,42+,47-,48-,50+,51+,55+,56-,57+,58+,59-,62+,63-,64-/m1/s1. The molecule has 3 fully saturated rings. The monoisotopic (exact) mass is 1190 g/mol. The highest BCUT2D eigenvalue weighted by Crippen LogP contribution is 2.39. The van der Waals surface area contributed by atoms with Crippen molar-refractivity contribution in [3.8, 4) is 0 Å². The highest BCUT2D eigenvalue weighted by molar-refractivity contribution is 6.31. The van der Waals surface area contributed by atoms with Gasteiger partial charge in [0.05, 0.1) is 48.0 Å². The first-order valence-electron chi connectivity index (χ1n) is 29.8. The van der Waals surface area contributed by atoms with E-state index in [1.807, 2.05) is 96.1 Å². The lowest BCUT2D eigenvalue weighted by molar-refractivity contribution is -0.317. The molecule has 3 aromatic rings. The Balaban J connectivity index is 1.29. The topological polar surface area (TPSA) is 247 Å². The molecule has 0 bridgehead atoms. The molecule has 0 radical (unpaired) electrons. The second kappa shape index (κ2) is 30.5. The first-order valence-corrected chi connectivity index (χ1v) is 30.2. The normalized spacial score (nSPS) is 32.9. The fraction of sp³-hybridized carbons (Fsp3) is 0.641. The SMILES string of the molecule is CO[C@]1(C)C[C@H](O[C@H]2[C@H](C)[C@@H](O[C@@H]3O[C@H](C)C[C@H](N(C)C)[C@H]3O)[C@](C)(O)C[C@@H](C)CN(C)C(=O)C[C@@H](Cc3ccc(NC(=O)[C@H](Cc4ccccc4Cl)NC(=O)Cc4ccccc4)cc3)NC(=O)C[C@@H](CC(C)C)NC(=O)[C@@H]2C)O[C@@H](C)[C@@H]1O. The average molecular weight is 1190 g/mol. The number of nitrogens with one attached hydrogen (secondary N) is 4. The molecule has 0 aliphatic carbocycles. The number of likely N-dealkylation sites (N-methyl/N-ethyl adjacent to an activating group) is 1. The van der Waals surface area contributed by atoms with Crippen LogP contribution < -0.4 is 21.3 Å². The van der Waals surface area contributed by atoms with E-state index in [1.165, 1.54) is 7.11 Å². The molecule has 0 spiro atoms. The molecule has 3 heterocycles. The van der Waals surface area contributed by atoms with Crippen molar-refractivity contribution in [3.05, 3.63) is 101 Å². The number of halogens is 1. The number of benzene rings is 3. The minimum absolute atomic E-state index is 0.0460. The molecule has 3 aliphatic heterocycles. The van der Waals surface area contributed by atoms with E-state index in [9.17, 15) is 39.3 Å². The van der Waals surface area contributed by atoms with Crippen LogP contribution in [0.15, 0.2) is 78.9 Å². The molecule has 3 saturated heterocycles. The van der Waals surface area contributed by atoms with Crippen molar-refractivity contribution in [2.24, 2.45) is 23.7 Å². The van der Waals surface area contributed by atoms with Gasteiger partial charge >= 0.3 is 0 Å². The number of rotatable bonds is 17. The number of amides is 5. The summed E-state index contributed by atoms with van der Waals surface area (Å²) in [6.07, 6.45) is -6.15. The van der Waals surface area contributed by atoms with Crippen LogP contribution in [0.3, 0.4) is 0 Å². The molecule has 17 atom stereocenters. The fourth-order valence-electron chi connectivity index (χ4n) is 12.4. The number of aliphatic hydroxyl groups is 3. The smallest absolute Gasteiger partial charge is 0.247 e. The van der Waals surface area contributed by atoms with Gasteiger partial charge in [-0.05, 0) is 114 Å². The van der Waals surface area contributed by atoms with Gasteiger partial charge in [-0.3, -0.25) is 24.0 Å². The van der Waals surface area contributed by atoms with Crippen molar-refractivity contribution in [1.82, 2.24) is 25.8 Å². The molecule has 84 heavy (non-hydrogen) atoms. The molecular weight excluding hydrogens is 1100 g/mol.